The third-order valence-electron chi connectivity index (χ3n) is 4.33. The summed E-state index contributed by atoms with van der Waals surface area (Å²) in [6.07, 6.45) is 4.30. The van der Waals surface area contributed by atoms with E-state index in [0.717, 1.165) is 49.2 Å². The van der Waals surface area contributed by atoms with Crippen LogP contribution >= 0.6 is 0 Å². The smallest absolute Gasteiger partial charge is 0.341 e. The van der Waals surface area contributed by atoms with Gasteiger partial charge in [0.15, 0.2) is 0 Å². The maximum Gasteiger partial charge on any atom is 0.341 e. The number of urea groups is 1. The van der Waals surface area contributed by atoms with Crippen molar-refractivity contribution in [2.75, 3.05) is 26.4 Å². The third kappa shape index (κ3) is 4.61. The van der Waals surface area contributed by atoms with E-state index in [1.165, 1.54) is 5.06 Å². The first-order chi connectivity index (χ1) is 11.7. The molecule has 1 unspecified atom stereocenters. The van der Waals surface area contributed by atoms with E-state index in [0.29, 0.717) is 26.3 Å². The molecule has 2 aliphatic rings. The summed E-state index contributed by atoms with van der Waals surface area (Å²) in [6, 6.07) is 5.84. The van der Waals surface area contributed by atoms with Crippen molar-refractivity contribution in [2.45, 2.75) is 45.3 Å². The maximum atomic E-state index is 12.1. The molecule has 0 radical (unpaired) electrons. The molecule has 1 aromatic rings. The van der Waals surface area contributed by atoms with Gasteiger partial charge in [0.25, 0.3) is 0 Å². The maximum absolute atomic E-state index is 12.1. The predicted octanol–water partition coefficient (Wildman–Crippen LogP) is 2.79. The van der Waals surface area contributed by atoms with Crippen LogP contribution in [0.15, 0.2) is 18.2 Å². The van der Waals surface area contributed by atoms with Gasteiger partial charge in [-0.05, 0) is 44.2 Å². The van der Waals surface area contributed by atoms with Gasteiger partial charge in [0, 0.05) is 18.7 Å². The highest BCUT2D eigenvalue weighted by atomic mass is 16.7. The molecule has 0 saturated carbocycles. The predicted molar refractivity (Wildman–Crippen MR) is 89.8 cm³/mol. The Morgan fingerprint density at radius 2 is 2.25 bits per heavy atom. The quantitative estimate of drug-likeness (QED) is 0.899. The lowest BCUT2D eigenvalue weighted by atomic mass is 10.1. The van der Waals surface area contributed by atoms with E-state index in [4.69, 9.17) is 14.3 Å². The van der Waals surface area contributed by atoms with Crippen molar-refractivity contribution in [3.63, 3.8) is 0 Å². The Morgan fingerprint density at radius 3 is 3.00 bits per heavy atom. The fraction of sp³-hybridized carbons (Fsp3) is 0.611. The topological polar surface area (TPSA) is 60.0 Å². The Balaban J connectivity index is 1.56. The van der Waals surface area contributed by atoms with Gasteiger partial charge >= 0.3 is 6.03 Å². The normalized spacial score (nSPS) is 20.9. The molecule has 0 aromatic heterocycles. The van der Waals surface area contributed by atoms with Crippen molar-refractivity contribution >= 4 is 6.03 Å². The number of hydrogen-bond donors (Lipinski definition) is 1. The molecule has 2 amide bonds. The number of hydroxylamine groups is 2. The molecular formula is C18H26N2O4. The molecule has 6 nitrogen and oxygen atoms in total. The minimum atomic E-state index is -0.194. The highest BCUT2D eigenvalue weighted by Gasteiger charge is 2.19. The summed E-state index contributed by atoms with van der Waals surface area (Å²) >= 11 is 0. The molecule has 0 spiro atoms. The Kier molecular flexibility index (Phi) is 5.93. The van der Waals surface area contributed by atoms with Crippen molar-refractivity contribution in [3.05, 3.63) is 29.3 Å². The summed E-state index contributed by atoms with van der Waals surface area (Å²) in [5.74, 6) is 0.811. The highest BCUT2D eigenvalue weighted by Crippen LogP contribution is 2.22. The molecule has 2 heterocycles. The monoisotopic (exact) mass is 334 g/mol. The van der Waals surface area contributed by atoms with E-state index in [1.807, 2.05) is 25.1 Å². The summed E-state index contributed by atoms with van der Waals surface area (Å²) in [7, 11) is 0. The van der Waals surface area contributed by atoms with Crippen molar-refractivity contribution in [1.29, 1.82) is 0 Å². The molecule has 132 valence electrons. The Labute approximate surface area is 143 Å². The summed E-state index contributed by atoms with van der Waals surface area (Å²) < 4.78 is 11.6. The van der Waals surface area contributed by atoms with Crippen LogP contribution in [0.3, 0.4) is 0 Å². The summed E-state index contributed by atoms with van der Waals surface area (Å²) in [5, 5.41) is 4.31. The zero-order valence-corrected chi connectivity index (χ0v) is 14.3. The van der Waals surface area contributed by atoms with Gasteiger partial charge in [-0.2, -0.15) is 0 Å². The molecule has 1 N–H and O–H groups in total. The Bertz CT molecular complexity index is 552. The SMILES string of the molecule is Cc1ccc(CNC(=O)N2CCCCO2)c(OCC2CCCO2)c1. The van der Waals surface area contributed by atoms with Gasteiger partial charge < -0.3 is 14.8 Å². The molecule has 2 saturated heterocycles. The van der Waals surface area contributed by atoms with Crippen LogP contribution in [-0.4, -0.2) is 43.6 Å². The van der Waals surface area contributed by atoms with Gasteiger partial charge in [-0.25, -0.2) is 9.86 Å². The van der Waals surface area contributed by atoms with E-state index in [-0.39, 0.29) is 12.1 Å². The van der Waals surface area contributed by atoms with Crippen molar-refractivity contribution in [2.24, 2.45) is 0 Å². The lowest BCUT2D eigenvalue weighted by Gasteiger charge is -2.26. The number of ether oxygens (including phenoxy) is 2. The molecule has 6 heteroatoms. The van der Waals surface area contributed by atoms with Crippen LogP contribution in [0.25, 0.3) is 0 Å². The second-order valence-corrected chi connectivity index (χ2v) is 6.36. The van der Waals surface area contributed by atoms with Crippen LogP contribution in [0, 0.1) is 6.92 Å². The molecule has 24 heavy (non-hydrogen) atoms. The summed E-state index contributed by atoms with van der Waals surface area (Å²) in [5.41, 5.74) is 2.09. The molecule has 1 atom stereocenters. The van der Waals surface area contributed by atoms with E-state index in [2.05, 4.69) is 5.32 Å². The minimum Gasteiger partial charge on any atom is -0.491 e. The van der Waals surface area contributed by atoms with Gasteiger partial charge in [0.05, 0.1) is 19.3 Å². The second kappa shape index (κ2) is 8.35. The number of carbonyl (C=O) groups is 1. The molecule has 3 rings (SSSR count). The average molecular weight is 334 g/mol. The summed E-state index contributed by atoms with van der Waals surface area (Å²) in [4.78, 5) is 17.5. The third-order valence-corrected chi connectivity index (χ3v) is 4.33. The van der Waals surface area contributed by atoms with Crippen LogP contribution in [0.2, 0.25) is 0 Å². The van der Waals surface area contributed by atoms with Crippen LogP contribution in [0.5, 0.6) is 5.75 Å². The van der Waals surface area contributed by atoms with Gasteiger partial charge in [-0.3, -0.25) is 4.84 Å². The number of hydrogen-bond acceptors (Lipinski definition) is 4. The van der Waals surface area contributed by atoms with Crippen molar-refractivity contribution in [3.8, 4) is 5.75 Å². The second-order valence-electron chi connectivity index (χ2n) is 6.36. The van der Waals surface area contributed by atoms with Crippen molar-refractivity contribution in [1.82, 2.24) is 10.4 Å². The van der Waals surface area contributed by atoms with E-state index < -0.39 is 0 Å². The first kappa shape index (κ1) is 17.0. The van der Waals surface area contributed by atoms with Gasteiger partial charge in [-0.1, -0.05) is 12.1 Å². The largest absolute Gasteiger partial charge is 0.491 e. The van der Waals surface area contributed by atoms with Crippen LogP contribution in [0.1, 0.15) is 36.8 Å². The number of nitrogens with one attached hydrogen (secondary N) is 1. The molecular weight excluding hydrogens is 308 g/mol. The van der Waals surface area contributed by atoms with Crippen molar-refractivity contribution < 1.29 is 19.1 Å². The van der Waals surface area contributed by atoms with Gasteiger partial charge in [0.2, 0.25) is 0 Å². The standard InChI is InChI=1S/C18H26N2O4/c1-14-6-7-15(12-19-18(21)20-8-2-3-10-24-20)17(11-14)23-13-16-5-4-9-22-16/h6-7,11,16H,2-5,8-10,12-13H2,1H3,(H,19,21). The number of aryl methyl sites for hydroxylation is 1. The zero-order chi connectivity index (χ0) is 16.8. The highest BCUT2D eigenvalue weighted by molar-refractivity contribution is 5.73. The zero-order valence-electron chi connectivity index (χ0n) is 14.3. The molecule has 0 aliphatic carbocycles. The molecule has 0 bridgehead atoms. The average Bonchev–Trinajstić information content (AvgIpc) is 3.13. The number of amides is 2. The van der Waals surface area contributed by atoms with Crippen LogP contribution < -0.4 is 10.1 Å². The number of carbonyl (C=O) groups excluding carboxylic acids is 1. The summed E-state index contributed by atoms with van der Waals surface area (Å²) in [6.45, 7) is 5.07. The Morgan fingerprint density at radius 1 is 1.33 bits per heavy atom. The van der Waals surface area contributed by atoms with Gasteiger partial charge in [0.1, 0.15) is 12.4 Å². The minimum absolute atomic E-state index is 0.176. The molecule has 2 aliphatic heterocycles. The first-order valence-corrected chi connectivity index (χ1v) is 8.74. The van der Waals surface area contributed by atoms with E-state index in [9.17, 15) is 4.79 Å². The van der Waals surface area contributed by atoms with E-state index >= 15 is 0 Å². The lowest BCUT2D eigenvalue weighted by Crippen LogP contribution is -2.42. The lowest BCUT2D eigenvalue weighted by molar-refractivity contribution is -0.139. The Hall–Kier alpha value is -1.79. The van der Waals surface area contributed by atoms with Crippen LogP contribution in [-0.2, 0) is 16.1 Å². The number of nitrogens with zero attached hydrogens (tertiary/aromatic N) is 1. The first-order valence-electron chi connectivity index (χ1n) is 8.74. The molecule has 2 fully saturated rings. The number of benzene rings is 1. The molecule has 1 aromatic carbocycles. The van der Waals surface area contributed by atoms with Gasteiger partial charge in [-0.15, -0.1) is 0 Å². The fourth-order valence-corrected chi connectivity index (χ4v) is 2.92. The van der Waals surface area contributed by atoms with Crippen LogP contribution in [0.4, 0.5) is 4.79 Å². The number of rotatable bonds is 5. The fourth-order valence-electron chi connectivity index (χ4n) is 2.92. The van der Waals surface area contributed by atoms with E-state index in [1.54, 1.807) is 0 Å².